The molecule has 162 valence electrons. The molecule has 3 aliphatic carbocycles. The van der Waals surface area contributed by atoms with Crippen LogP contribution in [0.25, 0.3) is 0 Å². The summed E-state index contributed by atoms with van der Waals surface area (Å²) >= 11 is 0. The van der Waals surface area contributed by atoms with E-state index in [1.807, 2.05) is 13.0 Å². The number of hydrogen-bond acceptors (Lipinski definition) is 3. The van der Waals surface area contributed by atoms with Crippen LogP contribution in [0.4, 0.5) is 0 Å². The highest BCUT2D eigenvalue weighted by Crippen LogP contribution is 2.65. The van der Waals surface area contributed by atoms with Crippen molar-refractivity contribution in [3.8, 4) is 0 Å². The number of carbonyl (C=O) groups excluding carboxylic acids is 2. The number of aldehydes is 1. The lowest BCUT2D eigenvalue weighted by atomic mass is 9.49. The van der Waals surface area contributed by atoms with Crippen LogP contribution in [-0.4, -0.2) is 18.4 Å². The molecule has 0 N–H and O–H groups in total. The Labute approximate surface area is 177 Å². The average Bonchev–Trinajstić information content (AvgIpc) is 3.01. The third kappa shape index (κ3) is 3.75. The van der Waals surface area contributed by atoms with Crippen LogP contribution in [0.2, 0.25) is 0 Å². The minimum Gasteiger partial charge on any atom is -0.461 e. The lowest BCUT2D eigenvalue weighted by Gasteiger charge is -2.56. The number of esters is 1. The Morgan fingerprint density at radius 1 is 1.31 bits per heavy atom. The molecule has 0 heterocycles. The van der Waals surface area contributed by atoms with E-state index in [-0.39, 0.29) is 17.5 Å². The predicted octanol–water partition coefficient (Wildman–Crippen LogP) is 6.13. The van der Waals surface area contributed by atoms with Crippen LogP contribution in [0, 0.1) is 40.9 Å². The van der Waals surface area contributed by atoms with Crippen LogP contribution in [0.15, 0.2) is 24.3 Å². The van der Waals surface area contributed by atoms with Gasteiger partial charge >= 0.3 is 5.97 Å². The largest absolute Gasteiger partial charge is 0.461 e. The first-order chi connectivity index (χ1) is 14.0. The van der Waals surface area contributed by atoms with Crippen molar-refractivity contribution in [3.05, 3.63) is 24.3 Å². The molecule has 3 heteroatoms. The minimum atomic E-state index is -0.0542. The van der Waals surface area contributed by atoms with Gasteiger partial charge in [0.15, 0.2) is 0 Å². The van der Waals surface area contributed by atoms with E-state index >= 15 is 0 Å². The van der Waals surface area contributed by atoms with Gasteiger partial charge in [-0.25, -0.2) is 0 Å². The Morgan fingerprint density at radius 2 is 2.07 bits per heavy atom. The van der Waals surface area contributed by atoms with Crippen LogP contribution >= 0.6 is 0 Å². The van der Waals surface area contributed by atoms with Crippen molar-refractivity contribution in [2.24, 2.45) is 40.9 Å². The number of carbonyl (C=O) groups is 2. The summed E-state index contributed by atoms with van der Waals surface area (Å²) in [5, 5.41) is 0. The summed E-state index contributed by atoms with van der Waals surface area (Å²) in [4.78, 5) is 23.5. The van der Waals surface area contributed by atoms with Crippen molar-refractivity contribution in [3.63, 3.8) is 0 Å². The van der Waals surface area contributed by atoms with Crippen molar-refractivity contribution in [2.75, 3.05) is 0 Å². The summed E-state index contributed by atoms with van der Waals surface area (Å²) in [5.41, 5.74) is 1.45. The van der Waals surface area contributed by atoms with E-state index < -0.39 is 0 Å². The van der Waals surface area contributed by atoms with E-state index in [1.54, 1.807) is 0 Å². The zero-order valence-corrected chi connectivity index (χ0v) is 18.9. The van der Waals surface area contributed by atoms with Crippen LogP contribution in [0.5, 0.6) is 0 Å². The standard InChI is InChI=1S/C26H40O3/c1-6-10-20-19(12-14-27)16-18(7-2)24-21(20)11-13-26(9-4)22(24)15-17(5)25(26)29-23(28)8-3/h7,12,14,17-18,20-22,24-25H,2,6,8-11,13,15-16H2,1,3-5H3/b19-12-/t17-,18?,20?,21?,22?,24?,25?,26?/m1/s1. The van der Waals surface area contributed by atoms with E-state index in [2.05, 4.69) is 33.4 Å². The SMILES string of the molecule is C=CC1C/C(=C/C=O)C(CCC)C2CCC3(CC)C(C[C@@H](C)C3OC(=O)CC)C12. The summed E-state index contributed by atoms with van der Waals surface area (Å²) in [6.07, 6.45) is 13.3. The summed E-state index contributed by atoms with van der Waals surface area (Å²) in [6, 6.07) is 0. The Bertz CT molecular complexity index is 650. The fraction of sp³-hybridized carbons (Fsp3) is 0.769. The van der Waals surface area contributed by atoms with Crippen LogP contribution in [-0.2, 0) is 14.3 Å². The van der Waals surface area contributed by atoms with E-state index in [0.29, 0.717) is 41.9 Å². The molecular formula is C26H40O3. The predicted molar refractivity (Wildman–Crippen MR) is 117 cm³/mol. The quantitative estimate of drug-likeness (QED) is 0.223. The Hall–Kier alpha value is -1.38. The van der Waals surface area contributed by atoms with E-state index in [4.69, 9.17) is 4.74 Å². The van der Waals surface area contributed by atoms with Gasteiger partial charge in [0.05, 0.1) is 0 Å². The summed E-state index contributed by atoms with van der Waals surface area (Å²) in [7, 11) is 0. The molecule has 0 aromatic carbocycles. The van der Waals surface area contributed by atoms with Crippen molar-refractivity contribution in [2.45, 2.75) is 85.2 Å². The molecule has 0 spiro atoms. The maximum atomic E-state index is 12.2. The molecular weight excluding hydrogens is 360 g/mol. The smallest absolute Gasteiger partial charge is 0.305 e. The van der Waals surface area contributed by atoms with Crippen molar-refractivity contribution < 1.29 is 14.3 Å². The molecule has 29 heavy (non-hydrogen) atoms. The highest BCUT2D eigenvalue weighted by atomic mass is 16.5. The Kier molecular flexibility index (Phi) is 7.06. The zero-order chi connectivity index (χ0) is 21.2. The van der Waals surface area contributed by atoms with Gasteiger partial charge in [0.1, 0.15) is 12.4 Å². The molecule has 0 aliphatic heterocycles. The van der Waals surface area contributed by atoms with Gasteiger partial charge in [-0.3, -0.25) is 9.59 Å². The normalized spacial score (nSPS) is 42.8. The molecule has 0 radical (unpaired) electrons. The number of allylic oxidation sites excluding steroid dienone is 3. The molecule has 7 unspecified atom stereocenters. The maximum absolute atomic E-state index is 12.2. The Balaban J connectivity index is 1.99. The molecule has 3 saturated carbocycles. The average molecular weight is 401 g/mol. The molecule has 8 atom stereocenters. The van der Waals surface area contributed by atoms with Gasteiger partial charge in [-0.1, -0.05) is 45.8 Å². The monoisotopic (exact) mass is 400 g/mol. The first-order valence-corrected chi connectivity index (χ1v) is 11.9. The second-order valence-corrected chi connectivity index (χ2v) is 9.83. The second kappa shape index (κ2) is 9.18. The first-order valence-electron chi connectivity index (χ1n) is 11.9. The van der Waals surface area contributed by atoms with Crippen molar-refractivity contribution in [1.29, 1.82) is 0 Å². The van der Waals surface area contributed by atoms with Crippen LogP contribution < -0.4 is 0 Å². The number of rotatable bonds is 7. The van der Waals surface area contributed by atoms with Gasteiger partial charge in [0.2, 0.25) is 0 Å². The molecule has 0 saturated heterocycles. The number of fused-ring (bicyclic) bond motifs is 3. The summed E-state index contributed by atoms with van der Waals surface area (Å²) < 4.78 is 6.10. The van der Waals surface area contributed by atoms with Crippen LogP contribution in [0.3, 0.4) is 0 Å². The third-order valence-corrected chi connectivity index (χ3v) is 8.70. The summed E-state index contributed by atoms with van der Waals surface area (Å²) in [6.45, 7) is 12.9. The molecule has 3 rings (SSSR count). The molecule has 0 aromatic rings. The highest BCUT2D eigenvalue weighted by molar-refractivity contribution is 5.69. The fourth-order valence-electron chi connectivity index (χ4n) is 7.58. The lowest BCUT2D eigenvalue weighted by molar-refractivity contribution is -0.163. The first kappa shape index (κ1) is 22.3. The number of hydrogen-bond donors (Lipinski definition) is 0. The Morgan fingerprint density at radius 3 is 2.66 bits per heavy atom. The summed E-state index contributed by atoms with van der Waals surface area (Å²) in [5.74, 6) is 3.09. The van der Waals surface area contributed by atoms with Gasteiger partial charge in [-0.15, -0.1) is 6.58 Å². The molecule has 3 aliphatic rings. The van der Waals surface area contributed by atoms with E-state index in [1.165, 1.54) is 18.4 Å². The number of ether oxygens (including phenoxy) is 1. The fourth-order valence-corrected chi connectivity index (χ4v) is 7.58. The van der Waals surface area contributed by atoms with Crippen LogP contribution in [0.1, 0.15) is 79.1 Å². The van der Waals surface area contributed by atoms with Crippen molar-refractivity contribution in [1.82, 2.24) is 0 Å². The van der Waals surface area contributed by atoms with E-state index in [9.17, 15) is 9.59 Å². The second-order valence-electron chi connectivity index (χ2n) is 9.83. The molecule has 0 bridgehead atoms. The lowest BCUT2D eigenvalue weighted by Crippen LogP contribution is -2.51. The third-order valence-electron chi connectivity index (χ3n) is 8.70. The minimum absolute atomic E-state index is 0.0490. The highest BCUT2D eigenvalue weighted by Gasteiger charge is 2.62. The molecule has 0 amide bonds. The van der Waals surface area contributed by atoms with Gasteiger partial charge in [-0.2, -0.15) is 0 Å². The molecule has 0 aromatic heterocycles. The van der Waals surface area contributed by atoms with Gasteiger partial charge in [0.25, 0.3) is 0 Å². The van der Waals surface area contributed by atoms with Gasteiger partial charge in [-0.05, 0) is 80.1 Å². The van der Waals surface area contributed by atoms with E-state index in [0.717, 1.165) is 38.4 Å². The zero-order valence-electron chi connectivity index (χ0n) is 18.9. The maximum Gasteiger partial charge on any atom is 0.305 e. The molecule has 3 nitrogen and oxygen atoms in total. The topological polar surface area (TPSA) is 43.4 Å². The van der Waals surface area contributed by atoms with Crippen molar-refractivity contribution >= 4 is 12.3 Å². The van der Waals surface area contributed by atoms with Gasteiger partial charge < -0.3 is 4.74 Å². The molecule has 3 fully saturated rings. The van der Waals surface area contributed by atoms with Gasteiger partial charge in [0, 0.05) is 11.8 Å².